The van der Waals surface area contributed by atoms with Crippen LogP contribution < -0.4 is 0 Å². The van der Waals surface area contributed by atoms with Crippen molar-refractivity contribution in [2.45, 2.75) is 12.8 Å². The Morgan fingerprint density at radius 1 is 1.45 bits per heavy atom. The van der Waals surface area contributed by atoms with E-state index in [0.29, 0.717) is 0 Å². The van der Waals surface area contributed by atoms with Gasteiger partial charge in [-0.25, -0.2) is 4.99 Å². The third-order valence-corrected chi connectivity index (χ3v) is 0.874. The Morgan fingerprint density at radius 3 is 2.55 bits per heavy atom. The third kappa shape index (κ3) is 9.55. The first kappa shape index (κ1) is 10.6. The summed E-state index contributed by atoms with van der Waals surface area (Å²) < 4.78 is 37.3. The van der Waals surface area contributed by atoms with Gasteiger partial charge in [-0.1, -0.05) is 0 Å². The Morgan fingerprint density at radius 2 is 2.09 bits per heavy atom. The Hall–Kier alpha value is -0.450. The molecular formula is C5H6F3NOS. The Labute approximate surface area is 67.1 Å². The molecule has 0 aromatic rings. The van der Waals surface area contributed by atoms with Crippen LogP contribution in [-0.2, 0) is 4.74 Å². The van der Waals surface area contributed by atoms with Gasteiger partial charge in [-0.3, -0.25) is 4.74 Å². The smallest absolute Gasteiger partial charge is 0.292 e. The van der Waals surface area contributed by atoms with Gasteiger partial charge in [-0.2, -0.15) is 0 Å². The van der Waals surface area contributed by atoms with Crippen LogP contribution in [-0.4, -0.2) is 24.7 Å². The van der Waals surface area contributed by atoms with Crippen molar-refractivity contribution in [2.24, 2.45) is 4.99 Å². The average Bonchev–Trinajstić information content (AvgIpc) is 1.85. The molecule has 0 bridgehead atoms. The highest BCUT2D eigenvalue weighted by atomic mass is 32.1. The lowest BCUT2D eigenvalue weighted by molar-refractivity contribution is -0.324. The summed E-state index contributed by atoms with van der Waals surface area (Å²) in [7, 11) is 0. The van der Waals surface area contributed by atoms with E-state index < -0.39 is 6.36 Å². The molecule has 0 atom stereocenters. The highest BCUT2D eigenvalue weighted by Crippen LogP contribution is 2.15. The molecule has 0 amide bonds. The molecule has 64 valence electrons. The molecule has 2 nitrogen and oxygen atoms in total. The first-order chi connectivity index (χ1) is 5.06. The molecule has 0 aliphatic carbocycles. The van der Waals surface area contributed by atoms with Gasteiger partial charge < -0.3 is 0 Å². The summed E-state index contributed by atoms with van der Waals surface area (Å²) in [5.41, 5.74) is 0. The molecule has 0 aromatic carbocycles. The van der Waals surface area contributed by atoms with Gasteiger partial charge in [-0.15, -0.1) is 13.2 Å². The van der Waals surface area contributed by atoms with Crippen molar-refractivity contribution >= 4 is 17.4 Å². The predicted molar refractivity (Wildman–Crippen MR) is 36.5 cm³/mol. The van der Waals surface area contributed by atoms with Gasteiger partial charge in [0.2, 0.25) is 0 Å². The molecule has 0 saturated heterocycles. The molecule has 11 heavy (non-hydrogen) atoms. The molecule has 0 unspecified atom stereocenters. The molecular weight excluding hydrogens is 179 g/mol. The van der Waals surface area contributed by atoms with E-state index in [9.17, 15) is 13.2 Å². The van der Waals surface area contributed by atoms with Crippen molar-refractivity contribution in [3.63, 3.8) is 0 Å². The fourth-order valence-electron chi connectivity index (χ4n) is 0.377. The van der Waals surface area contributed by atoms with E-state index in [4.69, 9.17) is 0 Å². The summed E-state index contributed by atoms with van der Waals surface area (Å²) in [6, 6.07) is 0. The lowest BCUT2D eigenvalue weighted by Crippen LogP contribution is -2.14. The zero-order chi connectivity index (χ0) is 8.74. The van der Waals surface area contributed by atoms with Crippen molar-refractivity contribution in [3.8, 4) is 0 Å². The molecule has 0 N–H and O–H groups in total. The first-order valence-electron chi connectivity index (χ1n) is 2.80. The second-order valence-corrected chi connectivity index (χ2v) is 1.80. The maximum atomic E-state index is 11.3. The number of rotatable bonds is 4. The number of ether oxygens (including phenoxy) is 1. The van der Waals surface area contributed by atoms with Crippen molar-refractivity contribution in [2.75, 3.05) is 13.2 Å². The van der Waals surface area contributed by atoms with E-state index in [1.165, 1.54) is 0 Å². The van der Waals surface area contributed by atoms with Crippen LogP contribution in [0.3, 0.4) is 0 Å². The Kier molecular flexibility index (Phi) is 5.02. The van der Waals surface area contributed by atoms with Crippen molar-refractivity contribution in [1.82, 2.24) is 0 Å². The lowest BCUT2D eigenvalue weighted by atomic mass is 10.5. The molecule has 0 aliphatic heterocycles. The zero-order valence-corrected chi connectivity index (χ0v) is 6.34. The van der Waals surface area contributed by atoms with Gasteiger partial charge in [-0.05, 0) is 18.6 Å². The fourth-order valence-corrected chi connectivity index (χ4v) is 0.468. The normalized spacial score (nSPS) is 10.8. The van der Waals surface area contributed by atoms with Crippen LogP contribution >= 0.6 is 12.2 Å². The highest BCUT2D eigenvalue weighted by Gasteiger charge is 2.28. The maximum absolute atomic E-state index is 11.3. The monoisotopic (exact) mass is 185 g/mol. The van der Waals surface area contributed by atoms with Crippen LogP contribution in [0.25, 0.3) is 0 Å². The summed E-state index contributed by atoms with van der Waals surface area (Å²) in [6.45, 7) is -0.163. The molecule has 0 saturated carbocycles. The SMILES string of the molecule is FC(F)(F)OCCCN=C=S. The number of hydrogen-bond donors (Lipinski definition) is 0. The number of isothiocyanates is 1. The van der Waals surface area contributed by atoms with Crippen molar-refractivity contribution in [3.05, 3.63) is 0 Å². The summed E-state index contributed by atoms with van der Waals surface area (Å²) >= 11 is 4.20. The van der Waals surface area contributed by atoms with E-state index in [1.54, 1.807) is 0 Å². The molecule has 0 aromatic heterocycles. The minimum absolute atomic E-state index is 0.198. The minimum Gasteiger partial charge on any atom is -0.292 e. The molecule has 0 radical (unpaired) electrons. The van der Waals surface area contributed by atoms with Crippen LogP contribution in [0.15, 0.2) is 4.99 Å². The van der Waals surface area contributed by atoms with Gasteiger partial charge >= 0.3 is 6.36 Å². The number of thiocarbonyl (C=S) groups is 1. The molecule has 0 aliphatic rings. The second kappa shape index (κ2) is 5.23. The van der Waals surface area contributed by atoms with Gasteiger partial charge in [0.25, 0.3) is 0 Å². The van der Waals surface area contributed by atoms with Gasteiger partial charge in [0.15, 0.2) is 0 Å². The quantitative estimate of drug-likeness (QED) is 0.379. The Bertz CT molecular complexity index is 152. The number of nitrogens with zero attached hydrogens (tertiary/aromatic N) is 1. The van der Waals surface area contributed by atoms with Crippen molar-refractivity contribution in [1.29, 1.82) is 0 Å². The zero-order valence-electron chi connectivity index (χ0n) is 5.52. The highest BCUT2D eigenvalue weighted by molar-refractivity contribution is 7.78. The van der Waals surface area contributed by atoms with Gasteiger partial charge in [0, 0.05) is 0 Å². The fraction of sp³-hybridized carbons (Fsp3) is 0.800. The van der Waals surface area contributed by atoms with E-state index >= 15 is 0 Å². The number of aliphatic imine (C=N–C) groups is 1. The molecule has 6 heteroatoms. The summed E-state index contributed by atoms with van der Waals surface area (Å²) in [6.07, 6.45) is -4.34. The average molecular weight is 185 g/mol. The maximum Gasteiger partial charge on any atom is 0.522 e. The predicted octanol–water partition coefficient (Wildman–Crippen LogP) is 2.02. The summed E-state index contributed by atoms with van der Waals surface area (Å²) in [5, 5.41) is 2.04. The molecule has 0 fully saturated rings. The molecule has 0 rings (SSSR count). The third-order valence-electron chi connectivity index (χ3n) is 0.745. The minimum atomic E-state index is -4.54. The second-order valence-electron chi connectivity index (χ2n) is 1.62. The van der Waals surface area contributed by atoms with Gasteiger partial charge in [0.05, 0.1) is 18.3 Å². The molecule has 0 heterocycles. The van der Waals surface area contributed by atoms with E-state index in [1.807, 2.05) is 5.16 Å². The van der Waals surface area contributed by atoms with Crippen LogP contribution in [0.1, 0.15) is 6.42 Å². The van der Waals surface area contributed by atoms with E-state index in [2.05, 4.69) is 21.9 Å². The van der Waals surface area contributed by atoms with E-state index in [0.717, 1.165) is 0 Å². The van der Waals surface area contributed by atoms with Crippen LogP contribution in [0, 0.1) is 0 Å². The Balaban J connectivity index is 3.21. The van der Waals surface area contributed by atoms with Crippen LogP contribution in [0.4, 0.5) is 13.2 Å². The standard InChI is InChI=1S/C5H6F3NOS/c6-5(7,8)10-3-1-2-9-4-11/h1-3H2. The summed E-state index contributed by atoms with van der Waals surface area (Å²) in [5.74, 6) is 0. The van der Waals surface area contributed by atoms with Crippen LogP contribution in [0.2, 0.25) is 0 Å². The summed E-state index contributed by atoms with van der Waals surface area (Å²) in [4.78, 5) is 3.41. The number of alkyl halides is 3. The van der Waals surface area contributed by atoms with Gasteiger partial charge in [0.1, 0.15) is 0 Å². The number of halogens is 3. The van der Waals surface area contributed by atoms with Crippen LogP contribution in [0.5, 0.6) is 0 Å². The topological polar surface area (TPSA) is 21.6 Å². The lowest BCUT2D eigenvalue weighted by Gasteiger charge is -2.04. The molecule has 0 spiro atoms. The first-order valence-corrected chi connectivity index (χ1v) is 3.21. The number of hydrogen-bond acceptors (Lipinski definition) is 3. The van der Waals surface area contributed by atoms with Crippen molar-refractivity contribution < 1.29 is 17.9 Å². The van der Waals surface area contributed by atoms with E-state index in [-0.39, 0.29) is 19.6 Å². The largest absolute Gasteiger partial charge is 0.522 e.